The highest BCUT2D eigenvalue weighted by Gasteiger charge is 2.18. The number of amides is 1. The van der Waals surface area contributed by atoms with Gasteiger partial charge in [-0.05, 0) is 36.4 Å². The molecule has 3 aromatic carbocycles. The molecule has 162 valence electrons. The predicted octanol–water partition coefficient (Wildman–Crippen LogP) is 4.83. The van der Waals surface area contributed by atoms with E-state index in [9.17, 15) is 17.6 Å². The lowest BCUT2D eigenvalue weighted by Gasteiger charge is -2.14. The smallest absolute Gasteiger partial charge is 0.259 e. The zero-order valence-electron chi connectivity index (χ0n) is 15.9. The Bertz CT molecular complexity index is 1270. The number of hydrogen-bond donors (Lipinski definition) is 2. The van der Waals surface area contributed by atoms with Crippen LogP contribution in [-0.4, -0.2) is 21.4 Å². The van der Waals surface area contributed by atoms with Crippen molar-refractivity contribution in [1.82, 2.24) is 0 Å². The Hall–Kier alpha value is -2.85. The van der Waals surface area contributed by atoms with E-state index in [1.54, 1.807) is 0 Å². The fraction of sp³-hybridized carbons (Fsp3) is 0.0500. The van der Waals surface area contributed by atoms with E-state index < -0.39 is 21.7 Å². The average Bonchev–Trinajstić information content (AvgIpc) is 2.70. The molecule has 0 saturated carbocycles. The van der Waals surface area contributed by atoms with Gasteiger partial charge in [0, 0.05) is 17.8 Å². The maximum atomic E-state index is 14.0. The number of carbonyl (C=O) groups excluding carboxylic acids is 1. The molecule has 0 fully saturated rings. The summed E-state index contributed by atoms with van der Waals surface area (Å²) in [6, 6.07) is 11.9. The number of hydrogen-bond acceptors (Lipinski definition) is 5. The van der Waals surface area contributed by atoms with Crippen LogP contribution in [0.3, 0.4) is 0 Å². The second kappa shape index (κ2) is 9.11. The van der Waals surface area contributed by atoms with Gasteiger partial charge in [0.25, 0.3) is 5.91 Å². The summed E-state index contributed by atoms with van der Waals surface area (Å²) in [5.41, 5.74) is 0.149. The van der Waals surface area contributed by atoms with E-state index >= 15 is 0 Å². The van der Waals surface area contributed by atoms with Crippen LogP contribution >= 0.6 is 23.2 Å². The minimum Gasteiger partial charge on any atom is -0.494 e. The van der Waals surface area contributed by atoms with Crippen molar-refractivity contribution in [3.8, 4) is 17.2 Å². The number of anilines is 1. The van der Waals surface area contributed by atoms with Gasteiger partial charge in [-0.25, -0.2) is 17.9 Å². The summed E-state index contributed by atoms with van der Waals surface area (Å²) >= 11 is 12.1. The summed E-state index contributed by atoms with van der Waals surface area (Å²) in [5.74, 6) is -1.23. The van der Waals surface area contributed by atoms with E-state index in [2.05, 4.69) is 5.32 Å². The van der Waals surface area contributed by atoms with E-state index in [-0.39, 0.29) is 43.4 Å². The number of primary sulfonamides is 1. The molecule has 1 amide bonds. The van der Waals surface area contributed by atoms with Gasteiger partial charge in [0.2, 0.25) is 10.0 Å². The summed E-state index contributed by atoms with van der Waals surface area (Å²) in [4.78, 5) is 12.7. The SMILES string of the molecule is COc1ccc(Oc2cc(Cl)c(Cl)cc2C(=O)Nc2cccc(S(N)(=O)=O)c2)cc1F. The number of nitrogens with one attached hydrogen (secondary N) is 1. The van der Waals surface area contributed by atoms with Crippen molar-refractivity contribution >= 4 is 44.8 Å². The van der Waals surface area contributed by atoms with Crippen molar-refractivity contribution in [2.24, 2.45) is 5.14 Å². The first-order chi connectivity index (χ1) is 14.6. The molecule has 0 unspecified atom stereocenters. The molecule has 0 heterocycles. The third-order valence-corrected chi connectivity index (χ3v) is 5.67. The van der Waals surface area contributed by atoms with Crippen LogP contribution in [0.1, 0.15) is 10.4 Å². The number of halogens is 3. The molecule has 0 aromatic heterocycles. The molecule has 0 bridgehead atoms. The minimum absolute atomic E-state index is 0.000863. The molecule has 7 nitrogen and oxygen atoms in total. The maximum Gasteiger partial charge on any atom is 0.259 e. The van der Waals surface area contributed by atoms with E-state index in [0.717, 1.165) is 6.07 Å². The van der Waals surface area contributed by atoms with Crippen molar-refractivity contribution in [2.45, 2.75) is 4.90 Å². The Kier molecular flexibility index (Phi) is 6.71. The van der Waals surface area contributed by atoms with Crippen molar-refractivity contribution in [3.63, 3.8) is 0 Å². The van der Waals surface area contributed by atoms with E-state index in [1.807, 2.05) is 0 Å². The van der Waals surface area contributed by atoms with Gasteiger partial charge in [0.15, 0.2) is 11.6 Å². The molecule has 3 N–H and O–H groups in total. The highest BCUT2D eigenvalue weighted by Crippen LogP contribution is 2.35. The van der Waals surface area contributed by atoms with E-state index in [0.29, 0.717) is 0 Å². The van der Waals surface area contributed by atoms with Gasteiger partial charge in [0.05, 0.1) is 27.6 Å². The van der Waals surface area contributed by atoms with Crippen molar-refractivity contribution in [2.75, 3.05) is 12.4 Å². The Morgan fingerprint density at radius 3 is 2.39 bits per heavy atom. The van der Waals surface area contributed by atoms with Gasteiger partial charge >= 0.3 is 0 Å². The summed E-state index contributed by atoms with van der Waals surface area (Å²) < 4.78 is 47.5. The van der Waals surface area contributed by atoms with Crippen LogP contribution in [0.25, 0.3) is 0 Å². The highest BCUT2D eigenvalue weighted by atomic mass is 35.5. The first-order valence-electron chi connectivity index (χ1n) is 8.53. The largest absolute Gasteiger partial charge is 0.494 e. The Labute approximate surface area is 187 Å². The topological polar surface area (TPSA) is 108 Å². The number of benzene rings is 3. The fourth-order valence-electron chi connectivity index (χ4n) is 2.58. The lowest BCUT2D eigenvalue weighted by Crippen LogP contribution is -2.15. The van der Waals surface area contributed by atoms with Crippen LogP contribution in [0.15, 0.2) is 59.5 Å². The fourth-order valence-corrected chi connectivity index (χ4v) is 3.45. The van der Waals surface area contributed by atoms with Crippen molar-refractivity contribution in [3.05, 3.63) is 76.0 Å². The van der Waals surface area contributed by atoms with Crippen LogP contribution in [0.5, 0.6) is 17.2 Å². The first kappa shape index (κ1) is 22.8. The summed E-state index contributed by atoms with van der Waals surface area (Å²) in [5, 5.41) is 7.84. The van der Waals surface area contributed by atoms with Gasteiger partial charge < -0.3 is 14.8 Å². The normalized spacial score (nSPS) is 11.1. The zero-order valence-corrected chi connectivity index (χ0v) is 18.2. The number of rotatable bonds is 6. The number of ether oxygens (including phenoxy) is 2. The quantitative estimate of drug-likeness (QED) is 0.520. The van der Waals surface area contributed by atoms with Gasteiger partial charge in [-0.3, -0.25) is 4.79 Å². The van der Waals surface area contributed by atoms with E-state index in [4.69, 9.17) is 37.8 Å². The monoisotopic (exact) mass is 484 g/mol. The molecule has 0 atom stereocenters. The molecule has 0 aliphatic rings. The minimum atomic E-state index is -3.96. The molecule has 0 saturated heterocycles. The number of carbonyl (C=O) groups is 1. The Morgan fingerprint density at radius 1 is 1.03 bits per heavy atom. The first-order valence-corrected chi connectivity index (χ1v) is 10.8. The van der Waals surface area contributed by atoms with E-state index in [1.165, 1.54) is 55.6 Å². The molecule has 31 heavy (non-hydrogen) atoms. The number of sulfonamides is 1. The molecular weight excluding hydrogens is 470 g/mol. The van der Waals surface area contributed by atoms with Gasteiger partial charge in [-0.1, -0.05) is 29.3 Å². The molecule has 3 aromatic rings. The summed E-state index contributed by atoms with van der Waals surface area (Å²) in [6.07, 6.45) is 0. The van der Waals surface area contributed by atoms with Crippen LogP contribution in [0.2, 0.25) is 10.0 Å². The van der Waals surface area contributed by atoms with Crippen LogP contribution in [0, 0.1) is 5.82 Å². The summed E-state index contributed by atoms with van der Waals surface area (Å²) in [7, 11) is -2.63. The third-order valence-electron chi connectivity index (χ3n) is 4.04. The summed E-state index contributed by atoms with van der Waals surface area (Å²) in [6.45, 7) is 0. The Morgan fingerprint density at radius 2 is 1.74 bits per heavy atom. The molecule has 11 heteroatoms. The molecule has 3 rings (SSSR count). The zero-order chi connectivity index (χ0) is 22.8. The van der Waals surface area contributed by atoms with Gasteiger partial charge in [-0.2, -0.15) is 0 Å². The predicted molar refractivity (Wildman–Crippen MR) is 115 cm³/mol. The highest BCUT2D eigenvalue weighted by molar-refractivity contribution is 7.89. The number of nitrogens with two attached hydrogens (primary N) is 1. The van der Waals surface area contributed by atoms with Gasteiger partial charge in [0.1, 0.15) is 11.5 Å². The second-order valence-corrected chi connectivity index (χ2v) is 8.56. The second-order valence-electron chi connectivity index (χ2n) is 6.19. The van der Waals surface area contributed by atoms with Crippen LogP contribution in [-0.2, 0) is 10.0 Å². The molecule has 0 radical (unpaired) electrons. The average molecular weight is 485 g/mol. The number of methoxy groups -OCH3 is 1. The third kappa shape index (κ3) is 5.45. The van der Waals surface area contributed by atoms with Crippen LogP contribution in [0.4, 0.5) is 10.1 Å². The maximum absolute atomic E-state index is 14.0. The van der Waals surface area contributed by atoms with Gasteiger partial charge in [-0.15, -0.1) is 0 Å². The lowest BCUT2D eigenvalue weighted by atomic mass is 10.1. The van der Waals surface area contributed by atoms with Crippen molar-refractivity contribution < 1.29 is 27.1 Å². The lowest BCUT2D eigenvalue weighted by molar-refractivity contribution is 0.102. The molecular formula is C20H15Cl2FN2O5S. The molecule has 0 spiro atoms. The molecule has 0 aliphatic heterocycles. The van der Waals surface area contributed by atoms with Crippen molar-refractivity contribution in [1.29, 1.82) is 0 Å². The van der Waals surface area contributed by atoms with Crippen LogP contribution < -0.4 is 19.9 Å². The molecule has 0 aliphatic carbocycles. The Balaban J connectivity index is 1.94. The standard InChI is InChI=1S/C20H15Cl2FN2O5S/c1-29-18-6-5-12(8-17(18)23)30-19-10-16(22)15(21)9-14(19)20(26)25-11-3-2-4-13(7-11)31(24,27)28/h2-10H,1H3,(H,25,26)(H2,24,27,28).